The second-order valence-corrected chi connectivity index (χ2v) is 3.84. The van der Waals surface area contributed by atoms with Crippen LogP contribution in [0.15, 0.2) is 54.6 Å². The van der Waals surface area contributed by atoms with Gasteiger partial charge < -0.3 is 10.5 Å². The highest BCUT2D eigenvalue weighted by Gasteiger charge is 2.10. The van der Waals surface area contributed by atoms with Crippen LogP contribution in [0, 0.1) is 0 Å². The van der Waals surface area contributed by atoms with Gasteiger partial charge in [0.25, 0.3) is 0 Å². The molecule has 2 aromatic carbocycles. The van der Waals surface area contributed by atoms with Crippen molar-refractivity contribution in [3.05, 3.63) is 65.7 Å². The van der Waals surface area contributed by atoms with Gasteiger partial charge in [0.1, 0.15) is 5.75 Å². The monoisotopic (exact) mass is 249 g/mol. The maximum absolute atomic E-state index is 12.1. The van der Waals surface area contributed by atoms with E-state index in [1.54, 1.807) is 12.1 Å². The van der Waals surface area contributed by atoms with Crippen LogP contribution in [0.5, 0.6) is 5.75 Å². The van der Waals surface area contributed by atoms with E-state index in [-0.39, 0.29) is 11.8 Å². The Hall–Kier alpha value is -1.94. The number of benzene rings is 2. The van der Waals surface area contributed by atoms with Crippen molar-refractivity contribution in [1.29, 1.82) is 0 Å². The third-order valence-corrected chi connectivity index (χ3v) is 2.60. The third-order valence-electron chi connectivity index (χ3n) is 2.60. The Morgan fingerprint density at radius 3 is 2.22 bits per heavy atom. The summed E-state index contributed by atoms with van der Waals surface area (Å²) in [6, 6.07) is 15.5. The van der Waals surface area contributed by atoms with Gasteiger partial charge in [-0.1, -0.05) is 42.5 Å². The SMILES string of the molecule is NC(c1ccccc1)c1cccc(OC(F)F)c1. The Kier molecular flexibility index (Phi) is 3.89. The zero-order chi connectivity index (χ0) is 13.0. The van der Waals surface area contributed by atoms with Crippen LogP contribution in [0.4, 0.5) is 8.78 Å². The van der Waals surface area contributed by atoms with Crippen molar-refractivity contribution >= 4 is 0 Å². The predicted octanol–water partition coefficient (Wildman–Crippen LogP) is 3.34. The van der Waals surface area contributed by atoms with E-state index in [1.165, 1.54) is 12.1 Å². The van der Waals surface area contributed by atoms with E-state index in [0.717, 1.165) is 11.1 Å². The van der Waals surface area contributed by atoms with Crippen LogP contribution in [0.3, 0.4) is 0 Å². The zero-order valence-electron chi connectivity index (χ0n) is 9.59. The first-order valence-corrected chi connectivity index (χ1v) is 5.52. The molecule has 0 fully saturated rings. The van der Waals surface area contributed by atoms with Gasteiger partial charge in [0, 0.05) is 0 Å². The van der Waals surface area contributed by atoms with Gasteiger partial charge in [-0.25, -0.2) is 0 Å². The molecule has 0 aliphatic carbocycles. The van der Waals surface area contributed by atoms with Crippen LogP contribution in [0.1, 0.15) is 17.2 Å². The molecular weight excluding hydrogens is 236 g/mol. The molecule has 0 amide bonds. The molecule has 1 atom stereocenters. The minimum Gasteiger partial charge on any atom is -0.435 e. The van der Waals surface area contributed by atoms with E-state index < -0.39 is 6.61 Å². The summed E-state index contributed by atoms with van der Waals surface area (Å²) in [6.45, 7) is -2.83. The minimum atomic E-state index is -2.83. The number of nitrogens with two attached hydrogens (primary N) is 1. The lowest BCUT2D eigenvalue weighted by Gasteiger charge is -2.13. The zero-order valence-corrected chi connectivity index (χ0v) is 9.59. The second kappa shape index (κ2) is 5.60. The summed E-state index contributed by atoms with van der Waals surface area (Å²) in [4.78, 5) is 0. The molecular formula is C14H13F2NO. The summed E-state index contributed by atoms with van der Waals surface area (Å²) in [5, 5.41) is 0. The number of rotatable bonds is 4. The first-order chi connectivity index (χ1) is 8.66. The quantitative estimate of drug-likeness (QED) is 0.902. The maximum Gasteiger partial charge on any atom is 0.387 e. The molecule has 94 valence electrons. The van der Waals surface area contributed by atoms with Gasteiger partial charge in [-0.2, -0.15) is 8.78 Å². The molecule has 0 aliphatic rings. The molecule has 0 saturated carbocycles. The van der Waals surface area contributed by atoms with Gasteiger partial charge in [-0.05, 0) is 23.3 Å². The minimum absolute atomic E-state index is 0.119. The highest BCUT2D eigenvalue weighted by atomic mass is 19.3. The molecule has 2 rings (SSSR count). The lowest BCUT2D eigenvalue weighted by Crippen LogP contribution is -2.12. The van der Waals surface area contributed by atoms with Crippen LogP contribution >= 0.6 is 0 Å². The summed E-state index contributed by atoms with van der Waals surface area (Å²) in [5.74, 6) is 0.119. The van der Waals surface area contributed by atoms with Gasteiger partial charge in [0.15, 0.2) is 0 Å². The van der Waals surface area contributed by atoms with Crippen molar-refractivity contribution < 1.29 is 13.5 Å². The van der Waals surface area contributed by atoms with Crippen molar-refractivity contribution in [2.75, 3.05) is 0 Å². The Balaban J connectivity index is 2.23. The topological polar surface area (TPSA) is 35.2 Å². The van der Waals surface area contributed by atoms with E-state index >= 15 is 0 Å². The smallest absolute Gasteiger partial charge is 0.387 e. The van der Waals surface area contributed by atoms with E-state index in [2.05, 4.69) is 4.74 Å². The van der Waals surface area contributed by atoms with Crippen LogP contribution in [-0.2, 0) is 0 Å². The van der Waals surface area contributed by atoms with E-state index in [9.17, 15) is 8.78 Å². The number of hydrogen-bond donors (Lipinski definition) is 1. The molecule has 2 nitrogen and oxygen atoms in total. The van der Waals surface area contributed by atoms with Crippen molar-refractivity contribution in [3.63, 3.8) is 0 Å². The molecule has 2 N–H and O–H groups in total. The fourth-order valence-corrected chi connectivity index (χ4v) is 1.74. The molecule has 0 aromatic heterocycles. The molecule has 0 radical (unpaired) electrons. The van der Waals surface area contributed by atoms with Crippen LogP contribution < -0.4 is 10.5 Å². The summed E-state index contributed by atoms with van der Waals surface area (Å²) < 4.78 is 28.6. The number of ether oxygens (including phenoxy) is 1. The summed E-state index contributed by atoms with van der Waals surface area (Å²) in [7, 11) is 0. The normalized spacial score (nSPS) is 12.4. The van der Waals surface area contributed by atoms with Gasteiger partial charge in [-0.15, -0.1) is 0 Å². The van der Waals surface area contributed by atoms with Crippen LogP contribution in [0.2, 0.25) is 0 Å². The maximum atomic E-state index is 12.1. The molecule has 0 bridgehead atoms. The van der Waals surface area contributed by atoms with E-state index in [0.29, 0.717) is 0 Å². The fraction of sp³-hybridized carbons (Fsp3) is 0.143. The van der Waals surface area contributed by atoms with Gasteiger partial charge in [-0.3, -0.25) is 0 Å². The summed E-state index contributed by atoms with van der Waals surface area (Å²) in [6.07, 6.45) is 0. The van der Waals surface area contributed by atoms with Crippen molar-refractivity contribution in [2.24, 2.45) is 5.73 Å². The number of alkyl halides is 2. The molecule has 0 saturated heterocycles. The molecule has 2 aromatic rings. The number of halogens is 2. The van der Waals surface area contributed by atoms with E-state index in [4.69, 9.17) is 5.73 Å². The first kappa shape index (κ1) is 12.5. The molecule has 0 heterocycles. The highest BCUT2D eigenvalue weighted by molar-refractivity contribution is 5.36. The lowest BCUT2D eigenvalue weighted by molar-refractivity contribution is -0.0498. The highest BCUT2D eigenvalue weighted by Crippen LogP contribution is 2.23. The standard InChI is InChI=1S/C14H13F2NO/c15-14(16)18-12-8-4-7-11(9-12)13(17)10-5-2-1-3-6-10/h1-9,13-14H,17H2. The van der Waals surface area contributed by atoms with Gasteiger partial charge in [0.2, 0.25) is 0 Å². The van der Waals surface area contributed by atoms with Gasteiger partial charge in [0.05, 0.1) is 6.04 Å². The molecule has 0 aliphatic heterocycles. The molecule has 4 heteroatoms. The van der Waals surface area contributed by atoms with Crippen molar-refractivity contribution in [3.8, 4) is 5.75 Å². The average Bonchev–Trinajstić information content (AvgIpc) is 2.38. The molecule has 1 unspecified atom stereocenters. The third kappa shape index (κ3) is 3.05. The fourth-order valence-electron chi connectivity index (χ4n) is 1.74. The lowest BCUT2D eigenvalue weighted by atomic mass is 10.00. The molecule has 0 spiro atoms. The van der Waals surface area contributed by atoms with Crippen molar-refractivity contribution in [1.82, 2.24) is 0 Å². The largest absolute Gasteiger partial charge is 0.435 e. The summed E-state index contributed by atoms with van der Waals surface area (Å²) >= 11 is 0. The Morgan fingerprint density at radius 2 is 1.56 bits per heavy atom. The van der Waals surface area contributed by atoms with Crippen LogP contribution in [-0.4, -0.2) is 6.61 Å². The Bertz CT molecular complexity index is 502. The first-order valence-electron chi connectivity index (χ1n) is 5.52. The van der Waals surface area contributed by atoms with Crippen LogP contribution in [0.25, 0.3) is 0 Å². The van der Waals surface area contributed by atoms with Gasteiger partial charge >= 0.3 is 6.61 Å². The predicted molar refractivity (Wildman–Crippen MR) is 65.5 cm³/mol. The average molecular weight is 249 g/mol. The van der Waals surface area contributed by atoms with Crippen molar-refractivity contribution in [2.45, 2.75) is 12.7 Å². The Labute approximate surface area is 104 Å². The Morgan fingerprint density at radius 1 is 0.889 bits per heavy atom. The second-order valence-electron chi connectivity index (χ2n) is 3.84. The van der Waals surface area contributed by atoms with E-state index in [1.807, 2.05) is 30.3 Å². The molecule has 18 heavy (non-hydrogen) atoms. The number of hydrogen-bond acceptors (Lipinski definition) is 2. The summed E-state index contributed by atoms with van der Waals surface area (Å²) in [5.41, 5.74) is 7.73.